The number of aromatic nitrogens is 2. The van der Waals surface area contributed by atoms with Crippen molar-refractivity contribution in [3.05, 3.63) is 108 Å². The van der Waals surface area contributed by atoms with Crippen LogP contribution in [-0.2, 0) is 4.79 Å². The highest BCUT2D eigenvalue weighted by atomic mass is 16.5. The summed E-state index contributed by atoms with van der Waals surface area (Å²) in [5.74, 6) is -1.37. The summed E-state index contributed by atoms with van der Waals surface area (Å²) in [5.41, 5.74) is 2.55. The summed E-state index contributed by atoms with van der Waals surface area (Å²) in [6.07, 6.45) is 2.96. The number of benzene rings is 2. The molecule has 1 N–H and O–H groups in total. The van der Waals surface area contributed by atoms with Crippen LogP contribution in [0.5, 0.6) is 5.75 Å². The average molecular weight is 453 g/mol. The van der Waals surface area contributed by atoms with Crippen LogP contribution in [0.15, 0.2) is 101 Å². The number of para-hydroxylation sites is 1. The summed E-state index contributed by atoms with van der Waals surface area (Å²) >= 11 is 0. The van der Waals surface area contributed by atoms with E-state index in [1.807, 2.05) is 0 Å². The first-order chi connectivity index (χ1) is 16.6. The van der Waals surface area contributed by atoms with Crippen LogP contribution in [0.25, 0.3) is 11.3 Å². The molecule has 1 amide bonds. The first kappa shape index (κ1) is 21.1. The zero-order valence-corrected chi connectivity index (χ0v) is 18.1. The number of hydrogen-bond donors (Lipinski definition) is 1. The van der Waals surface area contributed by atoms with E-state index in [-0.39, 0.29) is 11.3 Å². The molecule has 0 spiro atoms. The highest BCUT2D eigenvalue weighted by molar-refractivity contribution is 6.20. The SMILES string of the molecule is COc1ccccc1C1C(C(=O)c2ccccn2)=C(O)C(=O)N1c1ccc(-c2ccon2)cc1. The number of hydrogen-bond acceptors (Lipinski definition) is 7. The lowest BCUT2D eigenvalue weighted by atomic mass is 9.93. The van der Waals surface area contributed by atoms with Gasteiger partial charge < -0.3 is 14.4 Å². The van der Waals surface area contributed by atoms with Crippen LogP contribution in [0.1, 0.15) is 22.1 Å². The fourth-order valence-corrected chi connectivity index (χ4v) is 4.08. The van der Waals surface area contributed by atoms with Gasteiger partial charge in [-0.1, -0.05) is 41.6 Å². The zero-order valence-electron chi connectivity index (χ0n) is 18.1. The van der Waals surface area contributed by atoms with Crippen molar-refractivity contribution in [2.24, 2.45) is 0 Å². The number of ether oxygens (including phenoxy) is 1. The van der Waals surface area contributed by atoms with Gasteiger partial charge in [-0.05, 0) is 30.3 Å². The van der Waals surface area contributed by atoms with Crippen molar-refractivity contribution in [2.75, 3.05) is 12.0 Å². The molecule has 1 atom stereocenters. The van der Waals surface area contributed by atoms with E-state index in [9.17, 15) is 14.7 Å². The van der Waals surface area contributed by atoms with E-state index in [0.29, 0.717) is 22.7 Å². The number of methoxy groups -OCH3 is 1. The fraction of sp³-hybridized carbons (Fsp3) is 0.0769. The Morgan fingerprint density at radius 2 is 1.79 bits per heavy atom. The lowest BCUT2D eigenvalue weighted by Crippen LogP contribution is -2.31. The van der Waals surface area contributed by atoms with E-state index >= 15 is 0 Å². The highest BCUT2D eigenvalue weighted by Crippen LogP contribution is 2.44. The van der Waals surface area contributed by atoms with Gasteiger partial charge in [0, 0.05) is 29.1 Å². The second kappa shape index (κ2) is 8.67. The van der Waals surface area contributed by atoms with E-state index in [0.717, 1.165) is 5.56 Å². The molecule has 0 radical (unpaired) electrons. The summed E-state index contributed by atoms with van der Waals surface area (Å²) < 4.78 is 10.4. The largest absolute Gasteiger partial charge is 0.503 e. The number of anilines is 1. The Morgan fingerprint density at radius 3 is 2.47 bits per heavy atom. The summed E-state index contributed by atoms with van der Waals surface area (Å²) in [5, 5.41) is 14.8. The molecule has 8 nitrogen and oxygen atoms in total. The van der Waals surface area contributed by atoms with Gasteiger partial charge in [0.2, 0.25) is 5.78 Å². The molecule has 34 heavy (non-hydrogen) atoms. The summed E-state index contributed by atoms with van der Waals surface area (Å²) in [7, 11) is 1.51. The summed E-state index contributed by atoms with van der Waals surface area (Å²) in [4.78, 5) is 32.3. The van der Waals surface area contributed by atoms with Crippen molar-refractivity contribution in [3.8, 4) is 17.0 Å². The van der Waals surface area contributed by atoms with E-state index in [1.165, 1.54) is 24.5 Å². The Bertz CT molecular complexity index is 1380. The number of aliphatic hydroxyl groups is 1. The van der Waals surface area contributed by atoms with Crippen LogP contribution >= 0.6 is 0 Å². The molecular weight excluding hydrogens is 434 g/mol. The van der Waals surface area contributed by atoms with E-state index in [1.54, 1.807) is 72.8 Å². The quantitative estimate of drug-likeness (QED) is 0.428. The maximum atomic E-state index is 13.5. The second-order valence-electron chi connectivity index (χ2n) is 7.56. The lowest BCUT2D eigenvalue weighted by molar-refractivity contribution is -0.117. The van der Waals surface area contributed by atoms with Crippen molar-refractivity contribution in [3.63, 3.8) is 0 Å². The number of rotatable bonds is 6. The van der Waals surface area contributed by atoms with Crippen LogP contribution in [0.4, 0.5) is 5.69 Å². The monoisotopic (exact) mass is 453 g/mol. The fourth-order valence-electron chi connectivity index (χ4n) is 4.08. The van der Waals surface area contributed by atoms with Crippen molar-refractivity contribution in [1.29, 1.82) is 0 Å². The summed E-state index contributed by atoms with van der Waals surface area (Å²) in [6, 6.07) is 19.8. The Hall–Kier alpha value is -4.72. The van der Waals surface area contributed by atoms with Gasteiger partial charge in [0.1, 0.15) is 23.4 Å². The normalized spacial score (nSPS) is 15.6. The Balaban J connectivity index is 1.64. The molecule has 0 bridgehead atoms. The van der Waals surface area contributed by atoms with Gasteiger partial charge in [0.15, 0.2) is 5.76 Å². The summed E-state index contributed by atoms with van der Waals surface area (Å²) in [6.45, 7) is 0. The molecule has 0 fully saturated rings. The molecule has 1 aliphatic rings. The first-order valence-electron chi connectivity index (χ1n) is 10.5. The average Bonchev–Trinajstić information content (AvgIpc) is 3.51. The van der Waals surface area contributed by atoms with Crippen LogP contribution in [0.3, 0.4) is 0 Å². The number of nitrogens with zero attached hydrogens (tertiary/aromatic N) is 3. The molecule has 2 aromatic heterocycles. The number of aliphatic hydroxyl groups excluding tert-OH is 1. The van der Waals surface area contributed by atoms with Crippen molar-refractivity contribution in [2.45, 2.75) is 6.04 Å². The number of Topliss-reactive ketones (excluding diaryl/α,β-unsaturated/α-hetero) is 1. The molecule has 8 heteroatoms. The van der Waals surface area contributed by atoms with Gasteiger partial charge in [-0.3, -0.25) is 19.5 Å². The molecule has 0 saturated heterocycles. The number of carbonyl (C=O) groups excluding carboxylic acids is 2. The molecule has 3 heterocycles. The third kappa shape index (κ3) is 3.51. The smallest absolute Gasteiger partial charge is 0.294 e. The Kier molecular flexibility index (Phi) is 5.39. The minimum atomic E-state index is -0.920. The predicted octanol–water partition coefficient (Wildman–Crippen LogP) is 4.53. The number of pyridine rings is 1. The van der Waals surface area contributed by atoms with Gasteiger partial charge in [0.05, 0.1) is 18.7 Å². The van der Waals surface area contributed by atoms with Gasteiger partial charge >= 0.3 is 0 Å². The zero-order chi connectivity index (χ0) is 23.7. The van der Waals surface area contributed by atoms with Gasteiger partial charge in [-0.25, -0.2) is 0 Å². The molecule has 1 aliphatic heterocycles. The van der Waals surface area contributed by atoms with Crippen LogP contribution < -0.4 is 9.64 Å². The molecule has 5 rings (SSSR count). The number of amides is 1. The molecule has 4 aromatic rings. The van der Waals surface area contributed by atoms with Crippen LogP contribution in [0, 0.1) is 0 Å². The van der Waals surface area contributed by atoms with Gasteiger partial charge in [-0.15, -0.1) is 0 Å². The molecule has 0 aliphatic carbocycles. The number of carbonyl (C=O) groups is 2. The lowest BCUT2D eigenvalue weighted by Gasteiger charge is -2.28. The van der Waals surface area contributed by atoms with Gasteiger partial charge in [-0.2, -0.15) is 0 Å². The Labute approximate surface area is 194 Å². The van der Waals surface area contributed by atoms with Crippen molar-refractivity contribution in [1.82, 2.24) is 10.1 Å². The van der Waals surface area contributed by atoms with Crippen LogP contribution in [-0.4, -0.2) is 34.0 Å². The standard InChI is InChI=1S/C26H19N3O5/c1-33-21-8-3-2-6-18(21)23-22(24(30)20-7-4-5-14-27-20)25(31)26(32)29(23)17-11-9-16(10-12-17)19-13-15-34-28-19/h2-15,23,31H,1H3. The predicted molar refractivity (Wildman–Crippen MR) is 123 cm³/mol. The topological polar surface area (TPSA) is 106 Å². The van der Waals surface area contributed by atoms with Crippen LogP contribution in [0.2, 0.25) is 0 Å². The minimum Gasteiger partial charge on any atom is -0.503 e. The highest BCUT2D eigenvalue weighted by Gasteiger charge is 2.45. The third-order valence-corrected chi connectivity index (χ3v) is 5.66. The second-order valence-corrected chi connectivity index (χ2v) is 7.56. The minimum absolute atomic E-state index is 0.0613. The Morgan fingerprint density at radius 1 is 1.03 bits per heavy atom. The number of ketones is 1. The first-order valence-corrected chi connectivity index (χ1v) is 10.5. The molecule has 1 unspecified atom stereocenters. The maximum absolute atomic E-state index is 13.5. The van der Waals surface area contributed by atoms with Crippen molar-refractivity contribution < 1.29 is 24.0 Å². The maximum Gasteiger partial charge on any atom is 0.294 e. The van der Waals surface area contributed by atoms with E-state index in [2.05, 4.69) is 10.1 Å². The van der Waals surface area contributed by atoms with Crippen molar-refractivity contribution >= 4 is 17.4 Å². The molecular formula is C26H19N3O5. The third-order valence-electron chi connectivity index (χ3n) is 5.66. The molecule has 2 aromatic carbocycles. The van der Waals surface area contributed by atoms with E-state index in [4.69, 9.17) is 9.26 Å². The van der Waals surface area contributed by atoms with Gasteiger partial charge in [0.25, 0.3) is 5.91 Å². The molecule has 0 saturated carbocycles. The van der Waals surface area contributed by atoms with E-state index < -0.39 is 23.5 Å². The molecule has 168 valence electrons.